The Hall–Kier alpha value is -2.67. The van der Waals surface area contributed by atoms with E-state index in [2.05, 4.69) is 26.8 Å². The third-order valence-electron chi connectivity index (χ3n) is 4.26. The van der Waals surface area contributed by atoms with Gasteiger partial charge in [-0.2, -0.15) is 0 Å². The van der Waals surface area contributed by atoms with Gasteiger partial charge < -0.3 is 4.90 Å². The van der Waals surface area contributed by atoms with Crippen LogP contribution in [-0.2, 0) is 9.59 Å². The van der Waals surface area contributed by atoms with Crippen LogP contribution in [0.2, 0.25) is 0 Å². The van der Waals surface area contributed by atoms with Crippen molar-refractivity contribution >= 4 is 39.3 Å². The van der Waals surface area contributed by atoms with Crippen molar-refractivity contribution in [2.75, 3.05) is 11.4 Å². The lowest BCUT2D eigenvalue weighted by Crippen LogP contribution is -2.45. The van der Waals surface area contributed by atoms with Gasteiger partial charge >= 0.3 is 0 Å². The molecule has 2 N–H and O–H groups in total. The fourth-order valence-corrected chi connectivity index (χ4v) is 3.26. The maximum Gasteiger partial charge on any atom is 0.270 e. The Bertz CT molecular complexity index is 851. The molecule has 1 atom stereocenters. The highest BCUT2D eigenvalue weighted by Crippen LogP contribution is 2.25. The number of benzene rings is 2. The highest BCUT2D eigenvalue weighted by Gasteiger charge is 2.35. The van der Waals surface area contributed by atoms with Gasteiger partial charge in [-0.15, -0.1) is 0 Å². The van der Waals surface area contributed by atoms with E-state index in [9.17, 15) is 14.4 Å². The Morgan fingerprint density at radius 2 is 1.77 bits per heavy atom. The average molecular weight is 416 g/mol. The predicted molar refractivity (Wildman–Crippen MR) is 101 cm³/mol. The Morgan fingerprint density at radius 3 is 2.46 bits per heavy atom. The largest absolute Gasteiger partial charge is 0.312 e. The molecule has 1 fully saturated rings. The number of hydrazine groups is 1. The molecule has 3 amide bonds. The van der Waals surface area contributed by atoms with Crippen LogP contribution in [0.5, 0.6) is 0 Å². The molecule has 0 unspecified atom stereocenters. The number of nitrogens with one attached hydrogen (secondary N) is 2. The first-order chi connectivity index (χ1) is 12.5. The Morgan fingerprint density at radius 1 is 1.08 bits per heavy atom. The van der Waals surface area contributed by atoms with E-state index >= 15 is 0 Å². The number of anilines is 1. The molecule has 7 heteroatoms. The number of aryl methyl sites for hydroxylation is 1. The molecule has 0 aromatic heterocycles. The third-order valence-corrected chi connectivity index (χ3v) is 4.95. The first-order valence-electron chi connectivity index (χ1n) is 8.17. The van der Waals surface area contributed by atoms with Crippen molar-refractivity contribution in [3.8, 4) is 0 Å². The summed E-state index contributed by atoms with van der Waals surface area (Å²) in [4.78, 5) is 38.3. The summed E-state index contributed by atoms with van der Waals surface area (Å²) in [7, 11) is 0. The van der Waals surface area contributed by atoms with Crippen LogP contribution in [0, 0.1) is 12.8 Å². The van der Waals surface area contributed by atoms with Crippen molar-refractivity contribution in [1.82, 2.24) is 10.9 Å². The van der Waals surface area contributed by atoms with Crippen LogP contribution in [-0.4, -0.2) is 24.3 Å². The van der Waals surface area contributed by atoms with Crippen LogP contribution in [0.3, 0.4) is 0 Å². The van der Waals surface area contributed by atoms with Gasteiger partial charge in [0.1, 0.15) is 0 Å². The van der Waals surface area contributed by atoms with Gasteiger partial charge in [0.2, 0.25) is 11.8 Å². The summed E-state index contributed by atoms with van der Waals surface area (Å²) in [6.07, 6.45) is 0.116. The molecule has 1 aliphatic heterocycles. The van der Waals surface area contributed by atoms with Crippen LogP contribution in [0.4, 0.5) is 5.69 Å². The molecule has 2 aromatic carbocycles. The predicted octanol–water partition coefficient (Wildman–Crippen LogP) is 2.57. The fraction of sp³-hybridized carbons (Fsp3) is 0.211. The Balaban J connectivity index is 1.59. The van der Waals surface area contributed by atoms with E-state index in [1.807, 2.05) is 31.2 Å². The zero-order valence-corrected chi connectivity index (χ0v) is 15.7. The molecule has 134 valence electrons. The number of nitrogens with zero attached hydrogens (tertiary/aromatic N) is 1. The van der Waals surface area contributed by atoms with Gasteiger partial charge in [-0.05, 0) is 47.1 Å². The van der Waals surface area contributed by atoms with Crippen molar-refractivity contribution < 1.29 is 14.4 Å². The second-order valence-corrected chi connectivity index (χ2v) is 7.02. The van der Waals surface area contributed by atoms with Crippen molar-refractivity contribution in [2.45, 2.75) is 13.3 Å². The second-order valence-electron chi connectivity index (χ2n) is 6.16. The van der Waals surface area contributed by atoms with Crippen molar-refractivity contribution in [3.05, 3.63) is 64.1 Å². The first kappa shape index (κ1) is 18.1. The van der Waals surface area contributed by atoms with E-state index in [0.29, 0.717) is 16.6 Å². The zero-order valence-electron chi connectivity index (χ0n) is 14.2. The van der Waals surface area contributed by atoms with Gasteiger partial charge in [0.15, 0.2) is 0 Å². The van der Waals surface area contributed by atoms with E-state index in [-0.39, 0.29) is 18.2 Å². The lowest BCUT2D eigenvalue weighted by Gasteiger charge is -2.17. The minimum atomic E-state index is -0.511. The maximum absolute atomic E-state index is 12.3. The van der Waals surface area contributed by atoms with E-state index in [1.165, 1.54) is 0 Å². The quantitative estimate of drug-likeness (QED) is 0.756. The van der Waals surface area contributed by atoms with Crippen LogP contribution in [0.25, 0.3) is 0 Å². The molecule has 6 nitrogen and oxygen atoms in total. The number of amides is 3. The zero-order chi connectivity index (χ0) is 18.7. The maximum atomic E-state index is 12.3. The van der Waals surface area contributed by atoms with Crippen LogP contribution in [0.15, 0.2) is 53.0 Å². The smallest absolute Gasteiger partial charge is 0.270 e. The number of rotatable bonds is 3. The number of hydrogen-bond acceptors (Lipinski definition) is 3. The summed E-state index contributed by atoms with van der Waals surface area (Å²) in [5.41, 5.74) is 7.09. The minimum absolute atomic E-state index is 0.105. The third kappa shape index (κ3) is 3.94. The van der Waals surface area contributed by atoms with Crippen LogP contribution < -0.4 is 15.8 Å². The molecular weight excluding hydrogens is 398 g/mol. The summed E-state index contributed by atoms with van der Waals surface area (Å²) < 4.78 is 0.633. The number of hydrogen-bond donors (Lipinski definition) is 2. The standard InChI is InChI=1S/C19H18BrN3O3/c1-12-6-8-14(9-7-12)23-11-13(10-17(23)24)18(25)21-22-19(26)15-4-2-3-5-16(15)20/h2-9,13H,10-11H2,1H3,(H,21,25)(H,22,26)/t13-/m0/s1. The molecule has 1 aliphatic rings. The molecular formula is C19H18BrN3O3. The van der Waals surface area contributed by atoms with Gasteiger partial charge in [0.05, 0.1) is 11.5 Å². The van der Waals surface area contributed by atoms with Crippen LogP contribution in [0.1, 0.15) is 22.3 Å². The Kier molecular flexibility index (Phi) is 5.37. The second kappa shape index (κ2) is 7.70. The van der Waals surface area contributed by atoms with Gasteiger partial charge in [0.25, 0.3) is 5.91 Å². The van der Waals surface area contributed by atoms with Crippen molar-refractivity contribution in [1.29, 1.82) is 0 Å². The highest BCUT2D eigenvalue weighted by molar-refractivity contribution is 9.10. The van der Waals surface area contributed by atoms with E-state index in [1.54, 1.807) is 29.2 Å². The molecule has 1 heterocycles. The molecule has 26 heavy (non-hydrogen) atoms. The van der Waals surface area contributed by atoms with Gasteiger partial charge in [-0.25, -0.2) is 0 Å². The SMILES string of the molecule is Cc1ccc(N2C[C@@H](C(=O)NNC(=O)c3ccccc3Br)CC2=O)cc1. The molecule has 0 spiro atoms. The summed E-state index contributed by atoms with van der Waals surface area (Å²) >= 11 is 3.29. The average Bonchev–Trinajstić information content (AvgIpc) is 3.02. The molecule has 0 radical (unpaired) electrons. The lowest BCUT2D eigenvalue weighted by atomic mass is 10.1. The highest BCUT2D eigenvalue weighted by atomic mass is 79.9. The summed E-state index contributed by atoms with van der Waals surface area (Å²) in [5.74, 6) is -1.42. The summed E-state index contributed by atoms with van der Waals surface area (Å²) in [6, 6.07) is 14.5. The normalized spacial score (nSPS) is 16.5. The first-order valence-corrected chi connectivity index (χ1v) is 8.97. The van der Waals surface area contributed by atoms with E-state index < -0.39 is 11.8 Å². The van der Waals surface area contributed by atoms with Crippen LogP contribution >= 0.6 is 15.9 Å². The molecule has 2 aromatic rings. The summed E-state index contributed by atoms with van der Waals surface area (Å²) in [6.45, 7) is 2.26. The fourth-order valence-electron chi connectivity index (χ4n) is 2.79. The topological polar surface area (TPSA) is 78.5 Å². The minimum Gasteiger partial charge on any atom is -0.312 e. The Labute approximate surface area is 159 Å². The van der Waals surface area contributed by atoms with Gasteiger partial charge in [-0.3, -0.25) is 25.2 Å². The van der Waals surface area contributed by atoms with Gasteiger partial charge in [0, 0.05) is 23.1 Å². The molecule has 1 saturated heterocycles. The van der Waals surface area contributed by atoms with E-state index in [4.69, 9.17) is 0 Å². The lowest BCUT2D eigenvalue weighted by molar-refractivity contribution is -0.126. The van der Waals surface area contributed by atoms with E-state index in [0.717, 1.165) is 11.3 Å². The van der Waals surface area contributed by atoms with Crippen molar-refractivity contribution in [2.24, 2.45) is 5.92 Å². The monoisotopic (exact) mass is 415 g/mol. The molecule has 0 aliphatic carbocycles. The number of halogens is 1. The molecule has 0 saturated carbocycles. The summed E-state index contributed by atoms with van der Waals surface area (Å²) in [5, 5.41) is 0. The molecule has 3 rings (SSSR count). The van der Waals surface area contributed by atoms with Gasteiger partial charge in [-0.1, -0.05) is 29.8 Å². The number of carbonyl (C=O) groups is 3. The molecule has 0 bridgehead atoms. The number of carbonyl (C=O) groups excluding carboxylic acids is 3. The van der Waals surface area contributed by atoms with Crippen molar-refractivity contribution in [3.63, 3.8) is 0 Å².